The van der Waals surface area contributed by atoms with Crippen molar-refractivity contribution in [3.05, 3.63) is 71.3 Å². The maximum atomic E-state index is 13.6. The van der Waals surface area contributed by atoms with Crippen molar-refractivity contribution < 1.29 is 90.2 Å². The molecule has 0 aliphatic carbocycles. The van der Waals surface area contributed by atoms with Crippen molar-refractivity contribution in [1.29, 1.82) is 0 Å². The van der Waals surface area contributed by atoms with Gasteiger partial charge in [0.2, 0.25) is 23.7 Å². The van der Waals surface area contributed by atoms with E-state index in [0.717, 1.165) is 33.0 Å². The number of phosphoric acid groups is 2. The number of rotatable bonds is 17. The molecule has 0 radical (unpaired) electrons. The molecule has 5 unspecified atom stereocenters. The Morgan fingerprint density at radius 3 is 2.12 bits per heavy atom. The molecule has 6 amide bonds. The summed E-state index contributed by atoms with van der Waals surface area (Å²) in [7, 11) is -10.5. The zero-order chi connectivity index (χ0) is 58.8. The van der Waals surface area contributed by atoms with Crippen LogP contribution >= 0.6 is 15.6 Å². The highest BCUT2D eigenvalue weighted by molar-refractivity contribution is 7.47. The zero-order valence-electron chi connectivity index (χ0n) is 43.6. The van der Waals surface area contributed by atoms with Crippen LogP contribution in [0.1, 0.15) is 64.5 Å². The molecule has 1 aromatic carbocycles. The number of amides is 6. The standard InChI is InChI=1S/C46H56N14O20P2/c1-21(2)30(54-27(61)7-5-4-6-14-58-28(62)12-13-29(58)63)41(67)52-22(3)40(66)53-24-10-8-23(9-11-24)15-74-46(69)55-37-31-38(49-18-48-37)59(19-50-31)44-36-33(64)25(77-44)16-75-81(70,71)79-35-26(17-76-82(72,73)80-36)78-43(34(35)65)60-20-51-32-39(60)56-45(47)57-42(32)68/h8-13,18-22,25-26,30,33-36,43-44,64-65H,4-7,14-17H2,1-3H3,(H,52,67)(H,53,66)(H,54,61)(H,70,71)(H,72,73)(H3,47,56,57,68)(H,48,49,55,69)/t22-,25+,26+,30-,33-,34?,35?,36?,43+,44+/m0/s1. The lowest BCUT2D eigenvalue weighted by molar-refractivity contribution is -0.137. The summed E-state index contributed by atoms with van der Waals surface area (Å²) in [5.74, 6) is -3.05. The molecule has 9 rings (SSSR count). The lowest BCUT2D eigenvalue weighted by atomic mass is 10.0. The van der Waals surface area contributed by atoms with Gasteiger partial charge in [-0.1, -0.05) is 32.4 Å². The molecule has 3 fully saturated rings. The van der Waals surface area contributed by atoms with Gasteiger partial charge in [-0.15, -0.1) is 0 Å². The van der Waals surface area contributed by atoms with Crippen LogP contribution in [0.5, 0.6) is 0 Å². The van der Waals surface area contributed by atoms with Gasteiger partial charge in [-0.2, -0.15) is 4.98 Å². The van der Waals surface area contributed by atoms with Crippen molar-refractivity contribution in [2.75, 3.05) is 36.1 Å². The summed E-state index contributed by atoms with van der Waals surface area (Å²) in [5, 5.41) is 33.2. The van der Waals surface area contributed by atoms with Crippen molar-refractivity contribution in [1.82, 2.24) is 54.6 Å². The highest BCUT2D eigenvalue weighted by Crippen LogP contribution is 2.54. The SMILES string of the molecule is CC(C)[C@H](NC(=O)CCCCCN1C(=O)C=CC1=O)C(=O)N[C@@H](C)C(=O)Nc1ccc(COC(=O)Nc2ncnc3c2ncn3[C@@H]2O[C@@H]3COP(=O)(O)OC4C(O)[C@H](n5cnc6c(=O)[nH]c(N)nc65)O[C@@H]4COP(=O)(O)OC2[C@H]3O)cc1. The Hall–Kier alpha value is -7.46. The molecule has 4 aromatic heterocycles. The molecule has 440 valence electrons. The summed E-state index contributed by atoms with van der Waals surface area (Å²) in [6.45, 7) is 3.08. The molecule has 4 aliphatic rings. The van der Waals surface area contributed by atoms with Crippen LogP contribution in [-0.2, 0) is 72.0 Å². The summed E-state index contributed by atoms with van der Waals surface area (Å²) in [5.41, 5.74) is 5.29. The average Bonchev–Trinajstić information content (AvgIpc) is 3.15. The first-order valence-corrected chi connectivity index (χ1v) is 28.3. The van der Waals surface area contributed by atoms with Crippen molar-refractivity contribution in [2.45, 2.75) is 114 Å². The number of nitrogens with one attached hydrogen (secondary N) is 5. The monoisotopic (exact) mass is 1190 g/mol. The Kier molecular flexibility index (Phi) is 17.7. The van der Waals surface area contributed by atoms with Crippen LogP contribution < -0.4 is 32.6 Å². The van der Waals surface area contributed by atoms with Gasteiger partial charge >= 0.3 is 21.7 Å². The second kappa shape index (κ2) is 24.6. The summed E-state index contributed by atoms with van der Waals surface area (Å²) < 4.78 is 67.7. The molecular weight excluding hydrogens is 1130 g/mol. The fraction of sp³-hybridized carbons (Fsp3) is 0.478. The molecule has 4 aliphatic heterocycles. The largest absolute Gasteiger partial charge is 0.472 e. The number of carbonyl (C=O) groups is 6. The third-order valence-corrected chi connectivity index (χ3v) is 15.3. The number of nitrogen functional groups attached to an aromatic ring is 1. The lowest BCUT2D eigenvalue weighted by Crippen LogP contribution is -2.53. The Labute approximate surface area is 462 Å². The van der Waals surface area contributed by atoms with Gasteiger partial charge in [0, 0.05) is 30.8 Å². The molecule has 0 saturated carbocycles. The summed E-state index contributed by atoms with van der Waals surface area (Å²) >= 11 is 0. The summed E-state index contributed by atoms with van der Waals surface area (Å²) in [6.07, 6.45) is -7.40. The molecule has 12 atom stereocenters. The Morgan fingerprint density at radius 2 is 1.43 bits per heavy atom. The average molecular weight is 1190 g/mol. The number of imide groups is 1. The zero-order valence-corrected chi connectivity index (χ0v) is 45.4. The number of benzene rings is 1. The molecule has 3 saturated heterocycles. The number of hydrogen-bond acceptors (Lipinski definition) is 24. The van der Waals surface area contributed by atoms with Crippen LogP contribution in [0, 0.1) is 5.92 Å². The summed E-state index contributed by atoms with van der Waals surface area (Å²) in [6, 6.07) is 4.24. The number of imidazole rings is 2. The smallest absolute Gasteiger partial charge is 0.444 e. The second-order valence-corrected chi connectivity index (χ2v) is 22.3. The van der Waals surface area contributed by atoms with Gasteiger partial charge in [0.25, 0.3) is 17.4 Å². The van der Waals surface area contributed by atoms with Crippen LogP contribution in [0.4, 0.5) is 22.2 Å². The van der Waals surface area contributed by atoms with E-state index >= 15 is 0 Å². The van der Waals surface area contributed by atoms with Gasteiger partial charge in [-0.25, -0.2) is 33.9 Å². The van der Waals surface area contributed by atoms with Gasteiger partial charge in [0.05, 0.1) is 25.9 Å². The third kappa shape index (κ3) is 13.4. The Bertz CT molecular complexity index is 3430. The van der Waals surface area contributed by atoms with E-state index in [4.69, 9.17) is 38.0 Å². The van der Waals surface area contributed by atoms with Gasteiger partial charge < -0.3 is 55.9 Å². The number of unbranched alkanes of at least 4 members (excludes halogenated alkanes) is 2. The van der Waals surface area contributed by atoms with Crippen LogP contribution in [-0.4, -0.2) is 168 Å². The number of carbonyl (C=O) groups excluding carboxylic acids is 6. The first-order chi connectivity index (χ1) is 39.0. The Balaban J connectivity index is 0.772. The number of aromatic amines is 1. The van der Waals surface area contributed by atoms with Crippen LogP contribution in [0.15, 0.2) is 60.2 Å². The predicted molar refractivity (Wildman–Crippen MR) is 277 cm³/mol. The summed E-state index contributed by atoms with van der Waals surface area (Å²) in [4.78, 5) is 134. The fourth-order valence-electron chi connectivity index (χ4n) is 9.12. The maximum Gasteiger partial charge on any atom is 0.472 e. The highest BCUT2D eigenvalue weighted by atomic mass is 31.2. The Morgan fingerprint density at radius 1 is 0.780 bits per heavy atom. The van der Waals surface area contributed by atoms with E-state index in [0.29, 0.717) is 30.5 Å². The number of fused-ring (bicyclic) bond motifs is 5. The van der Waals surface area contributed by atoms with E-state index < -0.39 is 113 Å². The first kappa shape index (κ1) is 59.2. The van der Waals surface area contributed by atoms with Gasteiger partial charge in [0.1, 0.15) is 61.6 Å². The normalized spacial score (nSPS) is 27.3. The minimum atomic E-state index is -5.28. The number of nitrogens with two attached hydrogens (primary N) is 1. The van der Waals surface area contributed by atoms with Crippen molar-refractivity contribution in [2.24, 2.45) is 5.92 Å². The van der Waals surface area contributed by atoms with E-state index in [1.54, 1.807) is 26.0 Å². The van der Waals surface area contributed by atoms with Crippen molar-refractivity contribution in [3.8, 4) is 0 Å². The molecule has 2 bridgehead atoms. The number of anilines is 3. The third-order valence-electron chi connectivity index (χ3n) is 13.3. The molecule has 8 heterocycles. The van der Waals surface area contributed by atoms with Crippen LogP contribution in [0.2, 0.25) is 0 Å². The number of ether oxygens (including phenoxy) is 3. The minimum absolute atomic E-state index is 0.0718. The quantitative estimate of drug-likeness (QED) is 0.0330. The maximum absolute atomic E-state index is 13.6. The fourth-order valence-corrected chi connectivity index (χ4v) is 11.0. The van der Waals surface area contributed by atoms with Gasteiger partial charge in [-0.3, -0.25) is 71.2 Å². The first-order valence-electron chi connectivity index (χ1n) is 25.3. The van der Waals surface area contributed by atoms with E-state index in [1.807, 2.05) is 0 Å². The highest BCUT2D eigenvalue weighted by Gasteiger charge is 2.54. The minimum Gasteiger partial charge on any atom is -0.444 e. The lowest BCUT2D eigenvalue weighted by Gasteiger charge is -2.25. The molecule has 36 heteroatoms. The number of aliphatic hydroxyl groups excluding tert-OH is 2. The van der Waals surface area contributed by atoms with E-state index in [-0.39, 0.29) is 77.3 Å². The number of nitrogens with zero attached hydrogens (tertiary/aromatic N) is 8. The number of H-pyrrole nitrogens is 1. The topological polar surface area (TPSA) is 467 Å². The van der Waals surface area contributed by atoms with Crippen LogP contribution in [0.25, 0.3) is 22.3 Å². The number of hydrogen-bond donors (Lipinski definition) is 10. The second-order valence-electron chi connectivity index (χ2n) is 19.5. The van der Waals surface area contributed by atoms with Gasteiger partial charge in [-0.05, 0) is 43.4 Å². The molecule has 82 heavy (non-hydrogen) atoms. The predicted octanol–water partition coefficient (Wildman–Crippen LogP) is -0.106. The molecule has 34 nitrogen and oxygen atoms in total. The molecule has 5 aromatic rings. The molecule has 11 N–H and O–H groups in total. The van der Waals surface area contributed by atoms with E-state index in [9.17, 15) is 62.7 Å². The number of phosphoric ester groups is 2. The van der Waals surface area contributed by atoms with Gasteiger partial charge in [0.15, 0.2) is 40.6 Å². The van der Waals surface area contributed by atoms with E-state index in [2.05, 4.69) is 51.2 Å². The number of aliphatic hydroxyl groups is 2. The van der Waals surface area contributed by atoms with Crippen molar-refractivity contribution in [3.63, 3.8) is 0 Å². The molecular formula is C46H56N14O20P2. The van der Waals surface area contributed by atoms with Crippen molar-refractivity contribution >= 4 is 91.1 Å². The molecule has 0 spiro atoms. The number of aromatic nitrogens is 8. The van der Waals surface area contributed by atoms with E-state index in [1.165, 1.54) is 31.2 Å². The van der Waals surface area contributed by atoms with Crippen LogP contribution in [0.3, 0.4) is 0 Å².